The predicted octanol–water partition coefficient (Wildman–Crippen LogP) is 6.16. The number of rotatable bonds is 5. The van der Waals surface area contributed by atoms with Gasteiger partial charge in [0.15, 0.2) is 0 Å². The molecule has 33 heavy (non-hydrogen) atoms. The number of benzene rings is 2. The van der Waals surface area contributed by atoms with Crippen molar-refractivity contribution in [3.05, 3.63) is 75.7 Å². The fourth-order valence-electron chi connectivity index (χ4n) is 3.84. The van der Waals surface area contributed by atoms with E-state index in [1.807, 2.05) is 0 Å². The third-order valence-corrected chi connectivity index (χ3v) is 6.67. The van der Waals surface area contributed by atoms with Crippen molar-refractivity contribution in [1.29, 1.82) is 0 Å². The summed E-state index contributed by atoms with van der Waals surface area (Å²) in [6, 6.07) is 11.3. The zero-order chi connectivity index (χ0) is 23.6. The second kappa shape index (κ2) is 9.27. The lowest BCUT2D eigenvalue weighted by Gasteiger charge is -2.16. The molecule has 1 heterocycles. The van der Waals surface area contributed by atoms with E-state index < -0.39 is 23.6 Å². The summed E-state index contributed by atoms with van der Waals surface area (Å²) < 4.78 is 45.3. The van der Waals surface area contributed by atoms with E-state index in [0.717, 1.165) is 35.8 Å². The van der Waals surface area contributed by atoms with Crippen molar-refractivity contribution < 1.29 is 27.5 Å². The van der Waals surface area contributed by atoms with E-state index in [1.54, 1.807) is 24.3 Å². The largest absolute Gasteiger partial charge is 0.497 e. The number of nitrogens with one attached hydrogen (secondary N) is 2. The van der Waals surface area contributed by atoms with Crippen LogP contribution in [0.15, 0.2) is 48.5 Å². The van der Waals surface area contributed by atoms with Gasteiger partial charge in [0.2, 0.25) is 0 Å². The normalized spacial score (nSPS) is 13.2. The molecule has 0 fully saturated rings. The predicted molar refractivity (Wildman–Crippen MR) is 121 cm³/mol. The lowest BCUT2D eigenvalue weighted by Crippen LogP contribution is -2.20. The van der Waals surface area contributed by atoms with Crippen LogP contribution in [0.3, 0.4) is 0 Å². The van der Waals surface area contributed by atoms with Crippen LogP contribution in [-0.4, -0.2) is 18.9 Å². The van der Waals surface area contributed by atoms with Gasteiger partial charge in [0.05, 0.1) is 23.9 Å². The summed E-state index contributed by atoms with van der Waals surface area (Å²) in [6.45, 7) is 0. The van der Waals surface area contributed by atoms with Gasteiger partial charge in [-0.15, -0.1) is 11.3 Å². The van der Waals surface area contributed by atoms with Crippen molar-refractivity contribution in [3.8, 4) is 5.75 Å². The first kappa shape index (κ1) is 22.8. The number of hydrogen-bond donors (Lipinski definition) is 2. The molecular weight excluding hydrogens is 453 g/mol. The van der Waals surface area contributed by atoms with E-state index in [-0.39, 0.29) is 11.3 Å². The van der Waals surface area contributed by atoms with Crippen molar-refractivity contribution in [1.82, 2.24) is 0 Å². The minimum absolute atomic E-state index is 0.230. The zero-order valence-electron chi connectivity index (χ0n) is 17.7. The van der Waals surface area contributed by atoms with Crippen LogP contribution in [-0.2, 0) is 19.0 Å². The molecule has 4 rings (SSSR count). The van der Waals surface area contributed by atoms with Gasteiger partial charge in [-0.2, -0.15) is 13.2 Å². The quantitative estimate of drug-likeness (QED) is 0.466. The molecule has 2 N–H and O–H groups in total. The Hall–Kier alpha value is -3.33. The summed E-state index contributed by atoms with van der Waals surface area (Å²) in [5.74, 6) is -0.487. The Morgan fingerprint density at radius 3 is 2.33 bits per heavy atom. The smallest absolute Gasteiger partial charge is 0.418 e. The minimum atomic E-state index is -4.61. The van der Waals surface area contributed by atoms with Gasteiger partial charge in [-0.3, -0.25) is 9.59 Å². The first-order chi connectivity index (χ1) is 15.8. The molecule has 1 aromatic heterocycles. The highest BCUT2D eigenvalue weighted by Crippen LogP contribution is 2.40. The Bertz CT molecular complexity index is 1190. The molecule has 0 radical (unpaired) electrons. The Morgan fingerprint density at radius 1 is 0.939 bits per heavy atom. The molecule has 0 atom stereocenters. The molecule has 0 bridgehead atoms. The fourth-order valence-corrected chi connectivity index (χ4v) is 5.12. The van der Waals surface area contributed by atoms with Gasteiger partial charge in [-0.05, 0) is 67.6 Å². The number of anilines is 2. The SMILES string of the molecule is COc1ccc(C(=O)Nc2sc3c(c2C(=O)Nc2ccccc2C(F)(F)F)CCCC3)cc1. The summed E-state index contributed by atoms with van der Waals surface area (Å²) >= 11 is 1.30. The molecule has 0 spiro atoms. The number of halogens is 3. The average molecular weight is 475 g/mol. The molecule has 5 nitrogen and oxygen atoms in total. The number of fused-ring (bicyclic) bond motifs is 1. The molecule has 9 heteroatoms. The molecule has 2 aromatic carbocycles. The number of aryl methyl sites for hydroxylation is 1. The van der Waals surface area contributed by atoms with Gasteiger partial charge < -0.3 is 15.4 Å². The van der Waals surface area contributed by atoms with Crippen LogP contribution in [0.5, 0.6) is 5.75 Å². The second-order valence-corrected chi connectivity index (χ2v) is 8.70. The number of carbonyl (C=O) groups excluding carboxylic acids is 2. The molecule has 172 valence electrons. The zero-order valence-corrected chi connectivity index (χ0v) is 18.5. The van der Waals surface area contributed by atoms with Gasteiger partial charge in [-0.25, -0.2) is 0 Å². The monoisotopic (exact) mass is 474 g/mol. The van der Waals surface area contributed by atoms with Crippen molar-refractivity contribution in [2.45, 2.75) is 31.9 Å². The summed E-state index contributed by atoms with van der Waals surface area (Å²) in [7, 11) is 1.52. The Labute approximate surface area is 192 Å². The highest BCUT2D eigenvalue weighted by molar-refractivity contribution is 7.17. The van der Waals surface area contributed by atoms with Crippen LogP contribution < -0.4 is 15.4 Å². The number of amides is 2. The molecule has 1 aliphatic carbocycles. The molecule has 3 aromatic rings. The number of methoxy groups -OCH3 is 1. The lowest BCUT2D eigenvalue weighted by molar-refractivity contribution is -0.136. The fraction of sp³-hybridized carbons (Fsp3) is 0.250. The van der Waals surface area contributed by atoms with E-state index in [2.05, 4.69) is 10.6 Å². The van der Waals surface area contributed by atoms with E-state index in [1.165, 1.54) is 36.6 Å². The maximum Gasteiger partial charge on any atom is 0.418 e. The summed E-state index contributed by atoms with van der Waals surface area (Å²) in [4.78, 5) is 27.0. The molecule has 0 aliphatic heterocycles. The van der Waals surface area contributed by atoms with Crippen molar-refractivity contribution in [2.24, 2.45) is 0 Å². The van der Waals surface area contributed by atoms with Crippen LogP contribution in [0.25, 0.3) is 0 Å². The Balaban J connectivity index is 1.66. The Morgan fingerprint density at radius 2 is 1.64 bits per heavy atom. The van der Waals surface area contributed by atoms with Crippen LogP contribution in [0.2, 0.25) is 0 Å². The number of alkyl halides is 3. The van der Waals surface area contributed by atoms with Crippen LogP contribution in [0.4, 0.5) is 23.9 Å². The molecule has 0 saturated heterocycles. The number of thiophene rings is 1. The molecular formula is C24H21F3N2O3S. The number of hydrogen-bond acceptors (Lipinski definition) is 4. The number of carbonyl (C=O) groups is 2. The van der Waals surface area contributed by atoms with Gasteiger partial charge in [-0.1, -0.05) is 12.1 Å². The van der Waals surface area contributed by atoms with Crippen LogP contribution >= 0.6 is 11.3 Å². The van der Waals surface area contributed by atoms with Gasteiger partial charge in [0, 0.05) is 10.4 Å². The third-order valence-electron chi connectivity index (χ3n) is 5.46. The molecule has 2 amide bonds. The van der Waals surface area contributed by atoms with E-state index in [4.69, 9.17) is 4.74 Å². The lowest BCUT2D eigenvalue weighted by atomic mass is 9.95. The molecule has 0 saturated carbocycles. The minimum Gasteiger partial charge on any atom is -0.497 e. The number of ether oxygens (including phenoxy) is 1. The topological polar surface area (TPSA) is 67.4 Å². The summed E-state index contributed by atoms with van der Waals surface area (Å²) in [5, 5.41) is 5.54. The molecule has 0 unspecified atom stereocenters. The maximum atomic E-state index is 13.4. The maximum absolute atomic E-state index is 13.4. The van der Waals surface area contributed by atoms with Crippen molar-refractivity contribution >= 4 is 33.8 Å². The highest BCUT2D eigenvalue weighted by Gasteiger charge is 2.34. The van der Waals surface area contributed by atoms with E-state index >= 15 is 0 Å². The van der Waals surface area contributed by atoms with Gasteiger partial charge in [0.25, 0.3) is 11.8 Å². The summed E-state index contributed by atoms with van der Waals surface area (Å²) in [5.41, 5.74) is 0.146. The summed E-state index contributed by atoms with van der Waals surface area (Å²) in [6.07, 6.45) is -1.39. The second-order valence-electron chi connectivity index (χ2n) is 7.60. The van der Waals surface area contributed by atoms with E-state index in [9.17, 15) is 22.8 Å². The third kappa shape index (κ3) is 4.88. The van der Waals surface area contributed by atoms with Crippen LogP contribution in [0.1, 0.15) is 49.6 Å². The molecule has 1 aliphatic rings. The van der Waals surface area contributed by atoms with Gasteiger partial charge >= 0.3 is 6.18 Å². The van der Waals surface area contributed by atoms with Crippen molar-refractivity contribution in [2.75, 3.05) is 17.7 Å². The average Bonchev–Trinajstić information content (AvgIpc) is 3.16. The first-order valence-corrected chi connectivity index (χ1v) is 11.2. The van der Waals surface area contributed by atoms with Crippen LogP contribution in [0, 0.1) is 0 Å². The Kier molecular flexibility index (Phi) is 6.42. The standard InChI is InChI=1S/C24H21F3N2O3S/c1-32-15-12-10-14(11-13-15)21(30)29-23-20(16-6-2-5-9-19(16)33-23)22(31)28-18-8-4-3-7-17(18)24(25,26)27/h3-4,7-8,10-13H,2,5-6,9H2,1H3,(H,28,31)(H,29,30). The highest BCUT2D eigenvalue weighted by atomic mass is 32.1. The number of para-hydroxylation sites is 1. The van der Waals surface area contributed by atoms with Crippen molar-refractivity contribution in [3.63, 3.8) is 0 Å². The van der Waals surface area contributed by atoms with Gasteiger partial charge in [0.1, 0.15) is 10.8 Å². The first-order valence-electron chi connectivity index (χ1n) is 10.4. The van der Waals surface area contributed by atoms with E-state index in [0.29, 0.717) is 22.7 Å².